The van der Waals surface area contributed by atoms with Crippen LogP contribution in [-0.4, -0.2) is 37.5 Å². The fraction of sp³-hybridized carbons (Fsp3) is 0.750. The van der Waals surface area contributed by atoms with Gasteiger partial charge in [-0.25, -0.2) is 0 Å². The fourth-order valence-electron chi connectivity index (χ4n) is 2.34. The molecular formula is C12H19NO2. The van der Waals surface area contributed by atoms with Crippen LogP contribution in [0.4, 0.5) is 0 Å². The molecule has 1 heterocycles. The highest BCUT2D eigenvalue weighted by Crippen LogP contribution is 2.21. The maximum Gasteiger partial charge on any atom is 0.157 e. The summed E-state index contributed by atoms with van der Waals surface area (Å²) < 4.78 is 5.45. The number of ketones is 1. The first-order valence-corrected chi connectivity index (χ1v) is 5.78. The van der Waals surface area contributed by atoms with Gasteiger partial charge in [0, 0.05) is 38.4 Å². The van der Waals surface area contributed by atoms with Crippen LogP contribution in [0.3, 0.4) is 0 Å². The molecule has 0 spiro atoms. The summed E-state index contributed by atoms with van der Waals surface area (Å²) in [6.45, 7) is 2.83. The van der Waals surface area contributed by atoms with E-state index >= 15 is 0 Å². The molecule has 2 aliphatic rings. The third-order valence-electron chi connectivity index (χ3n) is 3.23. The van der Waals surface area contributed by atoms with Crippen molar-refractivity contribution in [3.63, 3.8) is 0 Å². The number of nitrogens with zero attached hydrogens (tertiary/aromatic N) is 1. The van der Waals surface area contributed by atoms with Crippen molar-refractivity contribution in [2.75, 3.05) is 26.8 Å². The highest BCUT2D eigenvalue weighted by Gasteiger charge is 2.20. The van der Waals surface area contributed by atoms with Gasteiger partial charge in [0.1, 0.15) is 0 Å². The third kappa shape index (κ3) is 2.81. The maximum atomic E-state index is 11.1. The van der Waals surface area contributed by atoms with E-state index in [9.17, 15) is 4.79 Å². The van der Waals surface area contributed by atoms with Gasteiger partial charge in [0.25, 0.3) is 0 Å². The minimum absolute atomic E-state index is 0.275. The van der Waals surface area contributed by atoms with E-state index in [1.807, 2.05) is 0 Å². The van der Waals surface area contributed by atoms with Gasteiger partial charge in [-0.2, -0.15) is 0 Å². The van der Waals surface area contributed by atoms with Crippen molar-refractivity contribution in [1.29, 1.82) is 0 Å². The number of carbonyl (C=O) groups is 1. The molecule has 1 saturated heterocycles. The summed E-state index contributed by atoms with van der Waals surface area (Å²) in [4.78, 5) is 13.3. The molecule has 84 valence electrons. The van der Waals surface area contributed by atoms with Gasteiger partial charge in [0.2, 0.25) is 0 Å². The molecule has 1 aliphatic heterocycles. The second kappa shape index (κ2) is 4.79. The van der Waals surface area contributed by atoms with E-state index in [0.29, 0.717) is 12.3 Å². The Balaban J connectivity index is 1.83. The zero-order valence-corrected chi connectivity index (χ0v) is 9.37. The number of rotatable bonds is 3. The van der Waals surface area contributed by atoms with Gasteiger partial charge >= 0.3 is 0 Å². The molecule has 1 aliphatic carbocycles. The van der Waals surface area contributed by atoms with Crippen molar-refractivity contribution < 1.29 is 9.53 Å². The van der Waals surface area contributed by atoms with E-state index in [1.165, 1.54) is 18.5 Å². The average molecular weight is 209 g/mol. The van der Waals surface area contributed by atoms with Crippen molar-refractivity contribution in [3.05, 3.63) is 11.8 Å². The Morgan fingerprint density at radius 2 is 2.40 bits per heavy atom. The van der Waals surface area contributed by atoms with Crippen LogP contribution in [0.1, 0.15) is 25.7 Å². The van der Waals surface area contributed by atoms with Crippen LogP contribution >= 0.6 is 0 Å². The normalized spacial score (nSPS) is 26.6. The van der Waals surface area contributed by atoms with E-state index in [1.54, 1.807) is 6.08 Å². The zero-order valence-electron chi connectivity index (χ0n) is 9.37. The zero-order chi connectivity index (χ0) is 10.7. The summed E-state index contributed by atoms with van der Waals surface area (Å²) in [5, 5.41) is 0. The first-order chi connectivity index (χ1) is 7.25. The summed E-state index contributed by atoms with van der Waals surface area (Å²) in [7, 11) is 2.08. The smallest absolute Gasteiger partial charge is 0.157 e. The van der Waals surface area contributed by atoms with Gasteiger partial charge in [-0.1, -0.05) is 0 Å². The quantitative estimate of drug-likeness (QED) is 0.707. The Labute approximate surface area is 91.1 Å². The number of hydrogen-bond donors (Lipinski definition) is 0. The molecule has 0 aromatic heterocycles. The predicted molar refractivity (Wildman–Crippen MR) is 58.5 cm³/mol. The molecule has 1 atom stereocenters. The lowest BCUT2D eigenvalue weighted by Crippen LogP contribution is -2.30. The maximum absolute atomic E-state index is 11.1. The van der Waals surface area contributed by atoms with Crippen LogP contribution in [0.25, 0.3) is 0 Å². The summed E-state index contributed by atoms with van der Waals surface area (Å²) >= 11 is 0. The number of allylic oxidation sites excluding steroid dienone is 2. The lowest BCUT2D eigenvalue weighted by atomic mass is 10.0. The molecule has 0 aromatic rings. The molecule has 0 amide bonds. The molecule has 15 heavy (non-hydrogen) atoms. The fourth-order valence-corrected chi connectivity index (χ4v) is 2.34. The molecule has 1 unspecified atom stereocenters. The van der Waals surface area contributed by atoms with E-state index in [2.05, 4.69) is 11.9 Å². The topological polar surface area (TPSA) is 29.5 Å². The number of ether oxygens (including phenoxy) is 1. The molecule has 3 nitrogen and oxygen atoms in total. The minimum atomic E-state index is 0.275. The van der Waals surface area contributed by atoms with Crippen molar-refractivity contribution in [2.24, 2.45) is 5.92 Å². The predicted octanol–water partition coefficient (Wildman–Crippen LogP) is 1.59. The Hall–Kier alpha value is -0.830. The second-order valence-corrected chi connectivity index (χ2v) is 4.57. The highest BCUT2D eigenvalue weighted by molar-refractivity contribution is 5.92. The SMILES string of the molecule is CN(CC1CCCOC1)C1=CC(=O)CC1. The summed E-state index contributed by atoms with van der Waals surface area (Å²) in [6.07, 6.45) is 5.84. The first kappa shape index (κ1) is 10.7. The lowest BCUT2D eigenvalue weighted by molar-refractivity contribution is -0.114. The minimum Gasteiger partial charge on any atom is -0.381 e. The van der Waals surface area contributed by atoms with Crippen molar-refractivity contribution >= 4 is 5.78 Å². The van der Waals surface area contributed by atoms with E-state index in [4.69, 9.17) is 4.74 Å². The Morgan fingerprint density at radius 3 is 3.00 bits per heavy atom. The van der Waals surface area contributed by atoms with Crippen LogP contribution in [0, 0.1) is 5.92 Å². The van der Waals surface area contributed by atoms with Gasteiger partial charge in [0.05, 0.1) is 6.61 Å². The van der Waals surface area contributed by atoms with Crippen molar-refractivity contribution in [2.45, 2.75) is 25.7 Å². The molecule has 0 radical (unpaired) electrons. The van der Waals surface area contributed by atoms with E-state index in [0.717, 1.165) is 26.2 Å². The molecule has 0 saturated carbocycles. The Kier molecular flexibility index (Phi) is 3.41. The summed E-state index contributed by atoms with van der Waals surface area (Å²) in [5.74, 6) is 0.914. The Morgan fingerprint density at radius 1 is 1.53 bits per heavy atom. The third-order valence-corrected chi connectivity index (χ3v) is 3.23. The standard InChI is InChI=1S/C12H19NO2/c1-13(11-4-5-12(14)7-11)8-10-3-2-6-15-9-10/h7,10H,2-6,8-9H2,1H3. The summed E-state index contributed by atoms with van der Waals surface area (Å²) in [6, 6.07) is 0. The molecule has 0 N–H and O–H groups in total. The van der Waals surface area contributed by atoms with Crippen LogP contribution in [0.5, 0.6) is 0 Å². The van der Waals surface area contributed by atoms with Gasteiger partial charge in [-0.3, -0.25) is 4.79 Å². The number of carbonyl (C=O) groups excluding carboxylic acids is 1. The first-order valence-electron chi connectivity index (χ1n) is 5.78. The highest BCUT2D eigenvalue weighted by atomic mass is 16.5. The Bertz CT molecular complexity index is 267. The molecule has 2 rings (SSSR count). The summed E-state index contributed by atoms with van der Waals surface area (Å²) in [5.41, 5.74) is 1.20. The van der Waals surface area contributed by atoms with Crippen molar-refractivity contribution in [1.82, 2.24) is 4.90 Å². The number of hydrogen-bond acceptors (Lipinski definition) is 3. The largest absolute Gasteiger partial charge is 0.381 e. The van der Waals surface area contributed by atoms with Crippen LogP contribution in [-0.2, 0) is 9.53 Å². The van der Waals surface area contributed by atoms with Gasteiger partial charge in [-0.15, -0.1) is 0 Å². The molecule has 0 aromatic carbocycles. The lowest BCUT2D eigenvalue weighted by Gasteiger charge is -2.28. The molecule has 1 fully saturated rings. The van der Waals surface area contributed by atoms with Crippen LogP contribution in [0.15, 0.2) is 11.8 Å². The molecule has 3 heteroatoms. The molecule has 0 bridgehead atoms. The molecular weight excluding hydrogens is 190 g/mol. The average Bonchev–Trinajstić information content (AvgIpc) is 2.66. The van der Waals surface area contributed by atoms with Crippen molar-refractivity contribution in [3.8, 4) is 0 Å². The second-order valence-electron chi connectivity index (χ2n) is 4.57. The van der Waals surface area contributed by atoms with E-state index in [-0.39, 0.29) is 5.78 Å². The van der Waals surface area contributed by atoms with Gasteiger partial charge in [-0.05, 0) is 25.2 Å². The van der Waals surface area contributed by atoms with E-state index < -0.39 is 0 Å². The monoisotopic (exact) mass is 209 g/mol. The van der Waals surface area contributed by atoms with Gasteiger partial charge < -0.3 is 9.64 Å². The van der Waals surface area contributed by atoms with Gasteiger partial charge in [0.15, 0.2) is 5.78 Å². The van der Waals surface area contributed by atoms with Crippen LogP contribution in [0.2, 0.25) is 0 Å². The van der Waals surface area contributed by atoms with Crippen LogP contribution < -0.4 is 0 Å².